The van der Waals surface area contributed by atoms with Gasteiger partial charge in [-0.2, -0.15) is 0 Å². The molecule has 8 heteroatoms. The van der Waals surface area contributed by atoms with Crippen LogP contribution in [0.2, 0.25) is 0 Å². The molecule has 0 spiro atoms. The summed E-state index contributed by atoms with van der Waals surface area (Å²) in [4.78, 5) is 27.6. The summed E-state index contributed by atoms with van der Waals surface area (Å²) in [6.07, 6.45) is -0.962. The van der Waals surface area contributed by atoms with Crippen molar-refractivity contribution in [1.82, 2.24) is 4.98 Å². The van der Waals surface area contributed by atoms with Crippen LogP contribution in [0.25, 0.3) is 11.3 Å². The smallest absolute Gasteiger partial charge is 0.309 e. The van der Waals surface area contributed by atoms with Gasteiger partial charge in [-0.1, -0.05) is 13.8 Å². The lowest BCUT2D eigenvalue weighted by molar-refractivity contribution is -0.156. The zero-order valence-electron chi connectivity index (χ0n) is 13.3. The van der Waals surface area contributed by atoms with Gasteiger partial charge in [-0.25, -0.2) is 13.8 Å². The van der Waals surface area contributed by atoms with Crippen molar-refractivity contribution in [3.8, 4) is 11.3 Å². The summed E-state index contributed by atoms with van der Waals surface area (Å²) < 4.78 is 31.2. The van der Waals surface area contributed by atoms with Crippen LogP contribution >= 0.6 is 11.3 Å². The lowest BCUT2D eigenvalue weighted by Crippen LogP contribution is -2.31. The molecule has 1 atom stereocenters. The Bertz CT molecular complexity index is 762. The number of aromatic nitrogens is 1. The molecule has 24 heavy (non-hydrogen) atoms. The van der Waals surface area contributed by atoms with Crippen LogP contribution < -0.4 is 5.32 Å². The predicted octanol–water partition coefficient (Wildman–Crippen LogP) is 3.61. The molecule has 0 saturated carbocycles. The molecule has 5 nitrogen and oxygen atoms in total. The van der Waals surface area contributed by atoms with Gasteiger partial charge in [-0.3, -0.25) is 14.9 Å². The fraction of sp³-hybridized carbons (Fsp3) is 0.312. The fourth-order valence-corrected chi connectivity index (χ4v) is 2.41. The first-order valence-electron chi connectivity index (χ1n) is 7.20. The summed E-state index contributed by atoms with van der Waals surface area (Å²) in [7, 11) is 0. The van der Waals surface area contributed by atoms with Crippen LogP contribution in [0.15, 0.2) is 23.6 Å². The van der Waals surface area contributed by atoms with Crippen molar-refractivity contribution in [3.05, 3.63) is 35.2 Å². The highest BCUT2D eigenvalue weighted by Gasteiger charge is 2.20. The van der Waals surface area contributed by atoms with Gasteiger partial charge >= 0.3 is 5.97 Å². The Morgan fingerprint density at radius 3 is 2.54 bits per heavy atom. The average Bonchev–Trinajstić information content (AvgIpc) is 2.98. The van der Waals surface area contributed by atoms with E-state index in [-0.39, 0.29) is 11.0 Å². The van der Waals surface area contributed by atoms with Gasteiger partial charge in [0.1, 0.15) is 0 Å². The highest BCUT2D eigenvalue weighted by atomic mass is 32.1. The average molecular weight is 354 g/mol. The number of hydrogen-bond donors (Lipinski definition) is 1. The van der Waals surface area contributed by atoms with Crippen LogP contribution in [-0.2, 0) is 14.3 Å². The van der Waals surface area contributed by atoms with Crippen LogP contribution in [0, 0.1) is 17.6 Å². The summed E-state index contributed by atoms with van der Waals surface area (Å²) in [6, 6.07) is 3.44. The number of amides is 1. The maximum atomic E-state index is 13.3. The van der Waals surface area contributed by atoms with Gasteiger partial charge in [0.25, 0.3) is 5.91 Å². The standard InChI is InChI=1S/C16H16F2N2O3S/c1-8(2)15(22)23-9(3)14(21)20-16-19-13(7-24-16)10-4-5-11(17)12(18)6-10/h4-9H,1-3H3,(H,19,20,21)/t9-/m1/s1. The van der Waals surface area contributed by atoms with Crippen molar-refractivity contribution in [1.29, 1.82) is 0 Å². The number of benzene rings is 1. The molecule has 0 aliphatic rings. The van der Waals surface area contributed by atoms with Gasteiger partial charge < -0.3 is 4.74 Å². The van der Waals surface area contributed by atoms with Gasteiger partial charge in [-0.15, -0.1) is 11.3 Å². The van der Waals surface area contributed by atoms with Gasteiger partial charge in [0.2, 0.25) is 0 Å². The summed E-state index contributed by atoms with van der Waals surface area (Å²) in [6.45, 7) is 4.79. The van der Waals surface area contributed by atoms with Crippen molar-refractivity contribution < 1.29 is 23.1 Å². The van der Waals surface area contributed by atoms with Crippen molar-refractivity contribution in [2.75, 3.05) is 5.32 Å². The number of thiazole rings is 1. The Morgan fingerprint density at radius 2 is 1.92 bits per heavy atom. The van der Waals surface area contributed by atoms with E-state index in [0.29, 0.717) is 11.3 Å². The molecule has 0 radical (unpaired) electrons. The molecule has 1 aromatic heterocycles. The largest absolute Gasteiger partial charge is 0.452 e. The third kappa shape index (κ3) is 4.35. The van der Waals surface area contributed by atoms with Crippen LogP contribution in [0.1, 0.15) is 20.8 Å². The van der Waals surface area contributed by atoms with E-state index in [4.69, 9.17) is 4.74 Å². The van der Waals surface area contributed by atoms with Crippen molar-refractivity contribution >= 4 is 28.3 Å². The topological polar surface area (TPSA) is 68.3 Å². The lowest BCUT2D eigenvalue weighted by atomic mass is 10.2. The summed E-state index contributed by atoms with van der Waals surface area (Å²) >= 11 is 1.13. The van der Waals surface area contributed by atoms with E-state index in [0.717, 1.165) is 23.5 Å². The van der Waals surface area contributed by atoms with E-state index in [1.54, 1.807) is 19.2 Å². The van der Waals surface area contributed by atoms with Gasteiger partial charge in [0.05, 0.1) is 11.6 Å². The van der Waals surface area contributed by atoms with Crippen molar-refractivity contribution in [2.45, 2.75) is 26.9 Å². The minimum Gasteiger partial charge on any atom is -0.452 e. The highest BCUT2D eigenvalue weighted by Crippen LogP contribution is 2.26. The molecule has 0 aliphatic heterocycles. The number of ether oxygens (including phenoxy) is 1. The zero-order chi connectivity index (χ0) is 17.9. The summed E-state index contributed by atoms with van der Waals surface area (Å²) in [5, 5.41) is 4.40. The zero-order valence-corrected chi connectivity index (χ0v) is 14.1. The maximum Gasteiger partial charge on any atom is 0.309 e. The molecular weight excluding hydrogens is 338 g/mol. The number of esters is 1. The second-order valence-electron chi connectivity index (χ2n) is 5.39. The van der Waals surface area contributed by atoms with Crippen LogP contribution in [0.3, 0.4) is 0 Å². The second-order valence-corrected chi connectivity index (χ2v) is 6.25. The minimum atomic E-state index is -0.972. The molecule has 2 rings (SSSR count). The molecule has 1 N–H and O–H groups in total. The molecular formula is C16H16F2N2O3S. The first-order chi connectivity index (χ1) is 11.3. The Kier molecular flexibility index (Phi) is 5.61. The van der Waals surface area contributed by atoms with E-state index in [1.165, 1.54) is 13.0 Å². The molecule has 1 aromatic carbocycles. The SMILES string of the molecule is CC(C)C(=O)O[C@H](C)C(=O)Nc1nc(-c2ccc(F)c(F)c2)cs1. The Morgan fingerprint density at radius 1 is 1.21 bits per heavy atom. The lowest BCUT2D eigenvalue weighted by Gasteiger charge is -2.13. The number of anilines is 1. The molecule has 0 saturated heterocycles. The van der Waals surface area contributed by atoms with Gasteiger partial charge in [0, 0.05) is 10.9 Å². The highest BCUT2D eigenvalue weighted by molar-refractivity contribution is 7.14. The van der Waals surface area contributed by atoms with Crippen molar-refractivity contribution in [3.63, 3.8) is 0 Å². The van der Waals surface area contributed by atoms with Gasteiger partial charge in [-0.05, 0) is 25.1 Å². The first kappa shape index (κ1) is 18.0. The molecule has 0 fully saturated rings. The molecule has 0 unspecified atom stereocenters. The Balaban J connectivity index is 2.04. The van der Waals surface area contributed by atoms with E-state index in [9.17, 15) is 18.4 Å². The van der Waals surface area contributed by atoms with Crippen LogP contribution in [-0.4, -0.2) is 23.0 Å². The van der Waals surface area contributed by atoms with E-state index >= 15 is 0 Å². The second kappa shape index (κ2) is 7.48. The summed E-state index contributed by atoms with van der Waals surface area (Å²) in [5.41, 5.74) is 0.797. The number of nitrogens with zero attached hydrogens (tertiary/aromatic N) is 1. The third-order valence-corrected chi connectivity index (χ3v) is 3.84. The summed E-state index contributed by atoms with van der Waals surface area (Å²) in [5.74, 6) is -3.24. The molecule has 128 valence electrons. The first-order valence-corrected chi connectivity index (χ1v) is 8.08. The van der Waals surface area contributed by atoms with Crippen LogP contribution in [0.4, 0.5) is 13.9 Å². The molecule has 0 bridgehead atoms. The number of rotatable bonds is 5. The predicted molar refractivity (Wildman–Crippen MR) is 86.5 cm³/mol. The van der Waals surface area contributed by atoms with Crippen molar-refractivity contribution in [2.24, 2.45) is 5.92 Å². The molecule has 2 aromatic rings. The molecule has 1 heterocycles. The maximum absolute atomic E-state index is 13.3. The third-order valence-electron chi connectivity index (χ3n) is 3.08. The van der Waals surface area contributed by atoms with E-state index in [1.807, 2.05) is 0 Å². The number of carbonyl (C=O) groups excluding carboxylic acids is 2. The monoisotopic (exact) mass is 354 g/mol. The van der Waals surface area contributed by atoms with Gasteiger partial charge in [0.15, 0.2) is 22.9 Å². The Labute approximate surface area is 141 Å². The van der Waals surface area contributed by atoms with Crippen LogP contribution in [0.5, 0.6) is 0 Å². The Hall–Kier alpha value is -2.35. The number of nitrogens with one attached hydrogen (secondary N) is 1. The minimum absolute atomic E-state index is 0.271. The van der Waals surface area contributed by atoms with E-state index in [2.05, 4.69) is 10.3 Å². The normalized spacial score (nSPS) is 12.1. The number of carbonyl (C=O) groups is 2. The quantitative estimate of drug-likeness (QED) is 0.833. The fourth-order valence-electron chi connectivity index (χ4n) is 1.69. The number of halogens is 2. The number of hydrogen-bond acceptors (Lipinski definition) is 5. The molecule has 1 amide bonds. The molecule has 0 aliphatic carbocycles. The van der Waals surface area contributed by atoms with E-state index < -0.39 is 29.6 Å².